The highest BCUT2D eigenvalue weighted by Crippen LogP contribution is 2.30. The maximum absolute atomic E-state index is 6.39. The minimum Gasteiger partial charge on any atom is -0.349 e. The quantitative estimate of drug-likeness (QED) is 0.767. The number of imidazole rings is 1. The molecule has 0 aliphatic heterocycles. The average molecular weight is 213 g/mol. The number of hydrogen-bond acceptors (Lipinski definition) is 1. The first-order valence-electron chi connectivity index (χ1n) is 5.48. The third-order valence-corrected chi connectivity index (χ3v) is 3.62. The van der Waals surface area contributed by atoms with Gasteiger partial charge in [0.1, 0.15) is 5.82 Å². The summed E-state index contributed by atoms with van der Waals surface area (Å²) in [5.74, 6) is 1.73. The Kier molecular flexibility index (Phi) is 3.46. The van der Waals surface area contributed by atoms with Crippen molar-refractivity contribution in [1.82, 2.24) is 9.97 Å². The van der Waals surface area contributed by atoms with Crippen molar-refractivity contribution in [1.29, 1.82) is 0 Å². The first-order valence-corrected chi connectivity index (χ1v) is 5.92. The molecule has 2 rings (SSSR count). The predicted molar refractivity (Wildman–Crippen MR) is 58.5 cm³/mol. The standard InChI is InChI=1S/C11H17ClN2/c12-10(8-11-13-6-7-14-11)9-4-2-1-3-5-9/h6-7,9-10H,1-5,8H2,(H,13,14). The van der Waals surface area contributed by atoms with Gasteiger partial charge in [0.05, 0.1) is 0 Å². The van der Waals surface area contributed by atoms with Gasteiger partial charge in [-0.25, -0.2) is 4.98 Å². The van der Waals surface area contributed by atoms with Crippen molar-refractivity contribution in [2.75, 3.05) is 0 Å². The summed E-state index contributed by atoms with van der Waals surface area (Å²) in [6.45, 7) is 0. The van der Waals surface area contributed by atoms with E-state index in [9.17, 15) is 0 Å². The summed E-state index contributed by atoms with van der Waals surface area (Å²) >= 11 is 6.39. The molecule has 1 aromatic rings. The number of aromatic amines is 1. The number of hydrogen-bond donors (Lipinski definition) is 1. The molecule has 0 aromatic carbocycles. The normalized spacial score (nSPS) is 20.9. The van der Waals surface area contributed by atoms with Crippen LogP contribution in [0.15, 0.2) is 12.4 Å². The molecule has 1 heterocycles. The Bertz CT molecular complexity index is 252. The topological polar surface area (TPSA) is 28.7 Å². The lowest BCUT2D eigenvalue weighted by Gasteiger charge is -2.25. The van der Waals surface area contributed by atoms with Gasteiger partial charge in [0, 0.05) is 24.2 Å². The van der Waals surface area contributed by atoms with Gasteiger partial charge in [0.25, 0.3) is 0 Å². The van der Waals surface area contributed by atoms with Crippen LogP contribution in [-0.4, -0.2) is 15.3 Å². The molecule has 1 fully saturated rings. The van der Waals surface area contributed by atoms with Crippen molar-refractivity contribution in [3.63, 3.8) is 0 Å². The fourth-order valence-corrected chi connectivity index (χ4v) is 2.65. The molecule has 78 valence electrons. The van der Waals surface area contributed by atoms with Crippen LogP contribution in [-0.2, 0) is 6.42 Å². The highest BCUT2D eigenvalue weighted by atomic mass is 35.5. The summed E-state index contributed by atoms with van der Waals surface area (Å²) < 4.78 is 0. The zero-order valence-electron chi connectivity index (χ0n) is 8.38. The van der Waals surface area contributed by atoms with E-state index >= 15 is 0 Å². The van der Waals surface area contributed by atoms with Crippen LogP contribution in [0.2, 0.25) is 0 Å². The van der Waals surface area contributed by atoms with E-state index in [1.54, 1.807) is 6.20 Å². The van der Waals surface area contributed by atoms with Gasteiger partial charge in [-0.2, -0.15) is 0 Å². The van der Waals surface area contributed by atoms with Crippen LogP contribution < -0.4 is 0 Å². The lowest BCUT2D eigenvalue weighted by Crippen LogP contribution is -2.20. The Morgan fingerprint density at radius 1 is 1.43 bits per heavy atom. The van der Waals surface area contributed by atoms with Gasteiger partial charge in [0.15, 0.2) is 0 Å². The molecule has 0 radical (unpaired) electrons. The van der Waals surface area contributed by atoms with Crippen LogP contribution >= 0.6 is 11.6 Å². The molecule has 1 unspecified atom stereocenters. The lowest BCUT2D eigenvalue weighted by molar-refractivity contribution is 0.342. The summed E-state index contributed by atoms with van der Waals surface area (Å²) in [5, 5.41) is 0.265. The molecule has 3 heteroatoms. The molecule has 0 spiro atoms. The molecule has 1 N–H and O–H groups in total. The van der Waals surface area contributed by atoms with E-state index in [4.69, 9.17) is 11.6 Å². The van der Waals surface area contributed by atoms with Gasteiger partial charge >= 0.3 is 0 Å². The van der Waals surface area contributed by atoms with E-state index in [0.717, 1.165) is 12.2 Å². The molecule has 1 aliphatic carbocycles. The van der Waals surface area contributed by atoms with Gasteiger partial charge in [0.2, 0.25) is 0 Å². The Labute approximate surface area is 90.1 Å². The van der Waals surface area contributed by atoms with E-state index in [2.05, 4.69) is 9.97 Å². The summed E-state index contributed by atoms with van der Waals surface area (Å²) in [7, 11) is 0. The number of nitrogens with zero attached hydrogens (tertiary/aromatic N) is 1. The van der Waals surface area contributed by atoms with E-state index in [0.29, 0.717) is 5.92 Å². The fourth-order valence-electron chi connectivity index (χ4n) is 2.26. The largest absolute Gasteiger partial charge is 0.349 e. The second-order valence-corrected chi connectivity index (χ2v) is 4.71. The Balaban J connectivity index is 1.85. The summed E-state index contributed by atoms with van der Waals surface area (Å²) in [4.78, 5) is 7.32. The number of aromatic nitrogens is 2. The smallest absolute Gasteiger partial charge is 0.107 e. The second kappa shape index (κ2) is 4.83. The van der Waals surface area contributed by atoms with E-state index in [1.165, 1.54) is 32.1 Å². The SMILES string of the molecule is ClC(Cc1ncc[nH]1)C1CCCCC1. The van der Waals surface area contributed by atoms with E-state index in [1.807, 2.05) is 6.20 Å². The molecule has 1 atom stereocenters. The van der Waals surface area contributed by atoms with E-state index in [-0.39, 0.29) is 5.38 Å². The predicted octanol–water partition coefficient (Wildman–Crippen LogP) is 3.14. The molecule has 2 nitrogen and oxygen atoms in total. The van der Waals surface area contributed by atoms with Crippen LogP contribution in [0.5, 0.6) is 0 Å². The third kappa shape index (κ3) is 2.50. The molecule has 0 amide bonds. The number of rotatable bonds is 3. The number of alkyl halides is 1. The van der Waals surface area contributed by atoms with Crippen LogP contribution in [0, 0.1) is 5.92 Å². The monoisotopic (exact) mass is 212 g/mol. The Morgan fingerprint density at radius 3 is 2.86 bits per heavy atom. The van der Waals surface area contributed by atoms with Crippen molar-refractivity contribution in [2.45, 2.75) is 43.9 Å². The van der Waals surface area contributed by atoms with Crippen LogP contribution in [0.1, 0.15) is 37.9 Å². The highest BCUT2D eigenvalue weighted by Gasteiger charge is 2.22. The molecule has 0 bridgehead atoms. The molecular weight excluding hydrogens is 196 g/mol. The summed E-state index contributed by atoms with van der Waals surface area (Å²) in [6.07, 6.45) is 11.2. The average Bonchev–Trinajstić information content (AvgIpc) is 2.72. The van der Waals surface area contributed by atoms with E-state index < -0.39 is 0 Å². The number of H-pyrrole nitrogens is 1. The lowest BCUT2D eigenvalue weighted by atomic mass is 9.86. The minimum atomic E-state index is 0.265. The molecule has 1 aliphatic rings. The van der Waals surface area contributed by atoms with Crippen molar-refractivity contribution in [3.8, 4) is 0 Å². The maximum atomic E-state index is 6.39. The highest BCUT2D eigenvalue weighted by molar-refractivity contribution is 6.20. The molecule has 1 saturated carbocycles. The summed E-state index contributed by atoms with van der Waals surface area (Å²) in [6, 6.07) is 0. The van der Waals surface area contributed by atoms with Gasteiger partial charge in [-0.15, -0.1) is 11.6 Å². The van der Waals surface area contributed by atoms with Gasteiger partial charge in [-0.05, 0) is 18.8 Å². The zero-order valence-corrected chi connectivity index (χ0v) is 9.13. The molecule has 0 saturated heterocycles. The van der Waals surface area contributed by atoms with Crippen LogP contribution in [0.4, 0.5) is 0 Å². The first kappa shape index (κ1) is 10.0. The fraction of sp³-hybridized carbons (Fsp3) is 0.727. The number of nitrogens with one attached hydrogen (secondary N) is 1. The first-order chi connectivity index (χ1) is 6.86. The van der Waals surface area contributed by atoms with Crippen LogP contribution in [0.3, 0.4) is 0 Å². The van der Waals surface area contributed by atoms with Crippen molar-refractivity contribution < 1.29 is 0 Å². The van der Waals surface area contributed by atoms with Gasteiger partial charge < -0.3 is 4.98 Å². The van der Waals surface area contributed by atoms with Gasteiger partial charge in [-0.3, -0.25) is 0 Å². The Morgan fingerprint density at radius 2 is 2.21 bits per heavy atom. The molecule has 14 heavy (non-hydrogen) atoms. The summed E-state index contributed by atoms with van der Waals surface area (Å²) in [5.41, 5.74) is 0. The van der Waals surface area contributed by atoms with Crippen LogP contribution in [0.25, 0.3) is 0 Å². The third-order valence-electron chi connectivity index (χ3n) is 3.10. The zero-order chi connectivity index (χ0) is 9.80. The minimum absolute atomic E-state index is 0.265. The number of halogens is 1. The second-order valence-electron chi connectivity index (χ2n) is 4.15. The van der Waals surface area contributed by atoms with Crippen molar-refractivity contribution in [3.05, 3.63) is 18.2 Å². The molecular formula is C11H17ClN2. The maximum Gasteiger partial charge on any atom is 0.107 e. The van der Waals surface area contributed by atoms with Gasteiger partial charge in [-0.1, -0.05) is 19.3 Å². The molecule has 1 aromatic heterocycles. The van der Waals surface area contributed by atoms with Crippen molar-refractivity contribution in [2.24, 2.45) is 5.92 Å². The Hall–Kier alpha value is -0.500. The van der Waals surface area contributed by atoms with Crippen molar-refractivity contribution >= 4 is 11.6 Å².